The minimum atomic E-state index is -4.72. The first kappa shape index (κ1) is 15.9. The second kappa shape index (κ2) is 5.72. The first-order valence-corrected chi connectivity index (χ1v) is 6.91. The molecule has 1 aromatic rings. The summed E-state index contributed by atoms with van der Waals surface area (Å²) in [6.45, 7) is 3.16. The molecule has 2 atom stereocenters. The van der Waals surface area contributed by atoms with Crippen LogP contribution in [0.4, 0.5) is 13.2 Å². The number of fused-ring (bicyclic) bond motifs is 1. The second-order valence-electron chi connectivity index (χ2n) is 5.45. The Morgan fingerprint density at radius 2 is 2.14 bits per heavy atom. The maximum absolute atomic E-state index is 13.0. The lowest BCUT2D eigenvalue weighted by atomic mass is 9.76. The van der Waals surface area contributed by atoms with Gasteiger partial charge in [0.1, 0.15) is 5.75 Å². The van der Waals surface area contributed by atoms with Crippen molar-refractivity contribution in [1.29, 1.82) is 0 Å². The molecule has 1 aliphatic rings. The SMILES string of the molecule is C=CC(O)(CC1CCCc2c(OC)cccc21)C(F)(F)F. The van der Waals surface area contributed by atoms with E-state index in [9.17, 15) is 18.3 Å². The Morgan fingerprint density at radius 3 is 2.71 bits per heavy atom. The largest absolute Gasteiger partial charge is 0.496 e. The zero-order valence-electron chi connectivity index (χ0n) is 11.9. The molecule has 0 fully saturated rings. The number of hydrogen-bond donors (Lipinski definition) is 1. The van der Waals surface area contributed by atoms with Gasteiger partial charge in [-0.05, 0) is 48.8 Å². The van der Waals surface area contributed by atoms with Crippen molar-refractivity contribution in [2.24, 2.45) is 0 Å². The van der Waals surface area contributed by atoms with Crippen LogP contribution in [0.5, 0.6) is 5.75 Å². The molecule has 1 aromatic carbocycles. The van der Waals surface area contributed by atoms with Gasteiger partial charge in [0.25, 0.3) is 0 Å². The van der Waals surface area contributed by atoms with Gasteiger partial charge in [-0.3, -0.25) is 0 Å². The summed E-state index contributed by atoms with van der Waals surface area (Å²) in [4.78, 5) is 0. The first-order chi connectivity index (χ1) is 9.82. The molecule has 0 saturated heterocycles. The summed E-state index contributed by atoms with van der Waals surface area (Å²) in [6, 6.07) is 5.41. The van der Waals surface area contributed by atoms with E-state index in [0.717, 1.165) is 24.0 Å². The van der Waals surface area contributed by atoms with Crippen LogP contribution in [0.3, 0.4) is 0 Å². The lowest BCUT2D eigenvalue weighted by Crippen LogP contribution is -2.44. The molecule has 116 valence electrons. The molecule has 1 aliphatic carbocycles. The van der Waals surface area contributed by atoms with Gasteiger partial charge in [0.05, 0.1) is 7.11 Å². The molecule has 0 spiro atoms. The van der Waals surface area contributed by atoms with Crippen molar-refractivity contribution in [3.63, 3.8) is 0 Å². The van der Waals surface area contributed by atoms with E-state index in [2.05, 4.69) is 6.58 Å². The van der Waals surface area contributed by atoms with Crippen LogP contribution in [-0.4, -0.2) is 24.0 Å². The zero-order valence-corrected chi connectivity index (χ0v) is 11.9. The van der Waals surface area contributed by atoms with E-state index < -0.39 is 18.2 Å². The maximum Gasteiger partial charge on any atom is 0.420 e. The van der Waals surface area contributed by atoms with Crippen LogP contribution in [0.1, 0.15) is 36.3 Å². The van der Waals surface area contributed by atoms with Crippen LogP contribution in [0.2, 0.25) is 0 Å². The number of aliphatic hydroxyl groups is 1. The van der Waals surface area contributed by atoms with Crippen LogP contribution in [0.25, 0.3) is 0 Å². The average molecular weight is 300 g/mol. The molecular weight excluding hydrogens is 281 g/mol. The standard InChI is InChI=1S/C16H19F3O2/c1-3-15(20,16(17,18)19)10-11-6-4-8-13-12(11)7-5-9-14(13)21-2/h3,5,7,9,11,20H,1,4,6,8,10H2,2H3. The van der Waals surface area contributed by atoms with E-state index in [1.807, 2.05) is 12.1 Å². The Bertz CT molecular complexity index is 525. The molecular formula is C16H19F3O2. The molecule has 0 bridgehead atoms. The van der Waals surface area contributed by atoms with Crippen LogP contribution >= 0.6 is 0 Å². The van der Waals surface area contributed by atoms with Crippen LogP contribution in [0.15, 0.2) is 30.9 Å². The third-order valence-electron chi connectivity index (χ3n) is 4.19. The van der Waals surface area contributed by atoms with E-state index in [0.29, 0.717) is 18.2 Å². The third kappa shape index (κ3) is 2.93. The highest BCUT2D eigenvalue weighted by Gasteiger charge is 2.52. The van der Waals surface area contributed by atoms with Crippen LogP contribution in [0, 0.1) is 0 Å². The predicted molar refractivity (Wildman–Crippen MR) is 74.5 cm³/mol. The van der Waals surface area contributed by atoms with Gasteiger partial charge in [-0.15, -0.1) is 0 Å². The average Bonchev–Trinajstić information content (AvgIpc) is 2.45. The van der Waals surface area contributed by atoms with Crippen molar-refractivity contribution in [1.82, 2.24) is 0 Å². The molecule has 0 saturated carbocycles. The molecule has 2 unspecified atom stereocenters. The van der Waals surface area contributed by atoms with Crippen molar-refractivity contribution in [2.75, 3.05) is 7.11 Å². The number of rotatable bonds is 4. The molecule has 2 rings (SSSR count). The molecule has 0 aliphatic heterocycles. The fourth-order valence-corrected chi connectivity index (χ4v) is 3.01. The van der Waals surface area contributed by atoms with Crippen molar-refractivity contribution in [3.05, 3.63) is 42.0 Å². The fourth-order valence-electron chi connectivity index (χ4n) is 3.01. The monoisotopic (exact) mass is 300 g/mol. The Balaban J connectivity index is 2.35. The highest BCUT2D eigenvalue weighted by atomic mass is 19.4. The normalized spacial score (nSPS) is 21.3. The van der Waals surface area contributed by atoms with E-state index in [4.69, 9.17) is 4.74 Å². The molecule has 2 nitrogen and oxygen atoms in total. The van der Waals surface area contributed by atoms with E-state index in [1.165, 1.54) is 0 Å². The van der Waals surface area contributed by atoms with Crippen LogP contribution in [-0.2, 0) is 6.42 Å². The smallest absolute Gasteiger partial charge is 0.420 e. The van der Waals surface area contributed by atoms with Crippen LogP contribution < -0.4 is 4.74 Å². The molecule has 21 heavy (non-hydrogen) atoms. The van der Waals surface area contributed by atoms with Gasteiger partial charge >= 0.3 is 6.18 Å². The summed E-state index contributed by atoms with van der Waals surface area (Å²) in [7, 11) is 1.55. The molecule has 1 N–H and O–H groups in total. The predicted octanol–water partition coefficient (Wildman–Crippen LogP) is 3.98. The van der Waals surface area contributed by atoms with Gasteiger partial charge in [-0.25, -0.2) is 0 Å². The lowest BCUT2D eigenvalue weighted by molar-refractivity contribution is -0.243. The minimum Gasteiger partial charge on any atom is -0.496 e. The molecule has 0 aromatic heterocycles. The maximum atomic E-state index is 13.0. The minimum absolute atomic E-state index is 0.353. The first-order valence-electron chi connectivity index (χ1n) is 6.91. The number of ether oxygens (including phenoxy) is 1. The van der Waals surface area contributed by atoms with Gasteiger partial charge in [-0.2, -0.15) is 13.2 Å². The Hall–Kier alpha value is -1.49. The summed E-state index contributed by atoms with van der Waals surface area (Å²) < 4.78 is 44.4. The topological polar surface area (TPSA) is 29.5 Å². The van der Waals surface area contributed by atoms with E-state index in [-0.39, 0.29) is 5.92 Å². The summed E-state index contributed by atoms with van der Waals surface area (Å²) in [5, 5.41) is 9.89. The van der Waals surface area contributed by atoms with Crippen molar-refractivity contribution >= 4 is 0 Å². The van der Waals surface area contributed by atoms with E-state index >= 15 is 0 Å². The molecule has 0 amide bonds. The number of halogens is 3. The third-order valence-corrected chi connectivity index (χ3v) is 4.19. The van der Waals surface area contributed by atoms with Crippen molar-refractivity contribution in [2.45, 2.75) is 43.4 Å². The van der Waals surface area contributed by atoms with Crippen molar-refractivity contribution in [3.8, 4) is 5.75 Å². The summed E-state index contributed by atoms with van der Waals surface area (Å²) in [5.41, 5.74) is -1.06. The Labute approximate surface area is 122 Å². The van der Waals surface area contributed by atoms with E-state index in [1.54, 1.807) is 13.2 Å². The zero-order chi connectivity index (χ0) is 15.7. The second-order valence-corrected chi connectivity index (χ2v) is 5.45. The number of alkyl halides is 3. The van der Waals surface area contributed by atoms with Gasteiger partial charge in [0.2, 0.25) is 0 Å². The quantitative estimate of drug-likeness (QED) is 0.852. The fraction of sp³-hybridized carbons (Fsp3) is 0.500. The molecule has 0 radical (unpaired) electrons. The molecule has 0 heterocycles. The van der Waals surface area contributed by atoms with Crippen molar-refractivity contribution < 1.29 is 23.0 Å². The number of benzene rings is 1. The van der Waals surface area contributed by atoms with Gasteiger partial charge < -0.3 is 9.84 Å². The Kier molecular flexibility index (Phi) is 4.33. The lowest BCUT2D eigenvalue weighted by Gasteiger charge is -2.34. The highest BCUT2D eigenvalue weighted by molar-refractivity contribution is 5.44. The number of hydrogen-bond acceptors (Lipinski definition) is 2. The summed E-state index contributed by atoms with van der Waals surface area (Å²) in [5.74, 6) is 0.347. The summed E-state index contributed by atoms with van der Waals surface area (Å²) in [6.07, 6.45) is -2.34. The highest BCUT2D eigenvalue weighted by Crippen LogP contribution is 2.44. The van der Waals surface area contributed by atoms with Gasteiger partial charge in [0.15, 0.2) is 5.60 Å². The Morgan fingerprint density at radius 1 is 1.43 bits per heavy atom. The molecule has 5 heteroatoms. The van der Waals surface area contributed by atoms with Gasteiger partial charge in [-0.1, -0.05) is 24.8 Å². The number of methoxy groups -OCH3 is 1. The van der Waals surface area contributed by atoms with Gasteiger partial charge in [0, 0.05) is 0 Å². The summed E-state index contributed by atoms with van der Waals surface area (Å²) >= 11 is 0.